The summed E-state index contributed by atoms with van der Waals surface area (Å²) in [6, 6.07) is -0.724. The second-order valence-corrected chi connectivity index (χ2v) is 18.1. The zero-order valence-electron chi connectivity index (χ0n) is 30.0. The minimum atomic E-state index is -3.23. The third-order valence-corrected chi connectivity index (χ3v) is 11.1. The Hall–Kier alpha value is -1.56. The van der Waals surface area contributed by atoms with E-state index in [4.69, 9.17) is 18.8 Å². The molecule has 13 heteroatoms. The molecule has 4 heterocycles. The lowest BCUT2D eigenvalue weighted by atomic mass is 9.84. The number of carbonyl (C=O) groups excluding carboxylic acids is 3. The highest BCUT2D eigenvalue weighted by Gasteiger charge is 2.54. The molecule has 0 radical (unpaired) electrons. The van der Waals surface area contributed by atoms with Crippen molar-refractivity contribution in [3.63, 3.8) is 0 Å². The van der Waals surface area contributed by atoms with Crippen LogP contribution in [0, 0.1) is 11.3 Å². The predicted octanol–water partition coefficient (Wildman–Crippen LogP) is 4.71. The summed E-state index contributed by atoms with van der Waals surface area (Å²) in [5.74, 6) is -0.676. The molecule has 0 aromatic carbocycles. The number of ether oxygens (including phenoxy) is 2. The zero-order chi connectivity index (χ0) is 34.4. The van der Waals surface area contributed by atoms with Crippen molar-refractivity contribution in [1.29, 1.82) is 0 Å². The predicted molar refractivity (Wildman–Crippen MR) is 180 cm³/mol. The molecule has 47 heavy (non-hydrogen) atoms. The number of hydroxylamine groups is 2. The largest absolute Gasteiger partial charge is 0.353 e. The van der Waals surface area contributed by atoms with Crippen LogP contribution in [0.4, 0.5) is 0 Å². The van der Waals surface area contributed by atoms with Gasteiger partial charge in [-0.3, -0.25) is 23.8 Å². The van der Waals surface area contributed by atoms with E-state index in [9.17, 15) is 18.9 Å². The van der Waals surface area contributed by atoms with Crippen LogP contribution in [0.15, 0.2) is 0 Å². The quantitative estimate of drug-likeness (QED) is 0.189. The molecular weight excluding hydrogens is 623 g/mol. The van der Waals surface area contributed by atoms with Gasteiger partial charge in [0.2, 0.25) is 13.3 Å². The Balaban J connectivity index is 1.46. The molecule has 0 aromatic heterocycles. The van der Waals surface area contributed by atoms with Gasteiger partial charge in [0.1, 0.15) is 12.2 Å². The minimum Gasteiger partial charge on any atom is -0.353 e. The number of hydrogen-bond donors (Lipinski definition) is 0. The van der Waals surface area contributed by atoms with Crippen LogP contribution in [0.5, 0.6) is 0 Å². The van der Waals surface area contributed by atoms with Crippen molar-refractivity contribution in [1.82, 2.24) is 19.8 Å². The Kier molecular flexibility index (Phi) is 13.8. The normalized spacial score (nSPS) is 28.1. The van der Waals surface area contributed by atoms with Crippen LogP contribution >= 0.6 is 7.37 Å². The summed E-state index contributed by atoms with van der Waals surface area (Å²) in [4.78, 5) is 54.4. The average molecular weight is 685 g/mol. The SMILES string of the molecule is CCOP(C)(=O)CC(=O)N1O[C@H](CC(C)C)C(=O)N2[C@@H]1CN(C1CCN(CCCCOC3CCCCO3)CC1)C(=O)[C@@H]2CC(C)(C)C. The Morgan fingerprint density at radius 2 is 1.79 bits per heavy atom. The van der Waals surface area contributed by atoms with Crippen molar-refractivity contribution in [2.75, 3.05) is 58.8 Å². The van der Waals surface area contributed by atoms with Gasteiger partial charge >= 0.3 is 0 Å². The van der Waals surface area contributed by atoms with Gasteiger partial charge < -0.3 is 28.7 Å². The molecule has 0 aromatic rings. The van der Waals surface area contributed by atoms with Crippen molar-refractivity contribution in [3.05, 3.63) is 0 Å². The van der Waals surface area contributed by atoms with E-state index in [2.05, 4.69) is 25.7 Å². The molecule has 0 N–H and O–H groups in total. The number of fused-ring (bicyclic) bond motifs is 1. The molecule has 12 nitrogen and oxygen atoms in total. The molecule has 0 spiro atoms. The maximum absolute atomic E-state index is 14.4. The van der Waals surface area contributed by atoms with Crippen LogP contribution < -0.4 is 0 Å². The van der Waals surface area contributed by atoms with E-state index < -0.39 is 31.6 Å². The second-order valence-electron chi connectivity index (χ2n) is 15.5. The molecule has 4 aliphatic heterocycles. The smallest absolute Gasteiger partial charge is 0.257 e. The van der Waals surface area contributed by atoms with E-state index in [0.29, 0.717) is 19.4 Å². The van der Waals surface area contributed by atoms with Gasteiger partial charge in [0.05, 0.1) is 13.2 Å². The van der Waals surface area contributed by atoms with Crippen molar-refractivity contribution in [3.8, 4) is 0 Å². The van der Waals surface area contributed by atoms with Gasteiger partial charge in [0.15, 0.2) is 18.6 Å². The molecule has 4 fully saturated rings. The molecule has 270 valence electrons. The Morgan fingerprint density at radius 1 is 1.06 bits per heavy atom. The standard InChI is InChI=1S/C34H61N4O8P/c1-8-45-47(7,42)24-30(39)38-29-23-36(26-14-17-35(18-15-26)16-10-12-20-44-31-13-9-11-19-43-31)32(40)27(22-34(4,5)6)37(29)33(41)28(46-38)21-25(2)3/h25-29,31H,8-24H2,1-7H3/t27-,28+,29-,31?,47?/m0/s1. The Labute approximate surface area is 282 Å². The van der Waals surface area contributed by atoms with E-state index in [1.807, 2.05) is 18.7 Å². The Morgan fingerprint density at radius 3 is 2.40 bits per heavy atom. The van der Waals surface area contributed by atoms with Crippen molar-refractivity contribution in [2.45, 2.75) is 130 Å². The van der Waals surface area contributed by atoms with Gasteiger partial charge in [-0.2, -0.15) is 5.06 Å². The summed E-state index contributed by atoms with van der Waals surface area (Å²) >= 11 is 0. The first kappa shape index (κ1) is 38.2. The van der Waals surface area contributed by atoms with Crippen LogP contribution in [0.3, 0.4) is 0 Å². The second kappa shape index (κ2) is 16.9. The molecule has 0 aliphatic carbocycles. The lowest BCUT2D eigenvalue weighted by Gasteiger charge is -2.55. The first-order valence-electron chi connectivity index (χ1n) is 18.0. The van der Waals surface area contributed by atoms with Crippen LogP contribution in [0.1, 0.15) is 99.3 Å². The molecular formula is C34H61N4O8P. The van der Waals surface area contributed by atoms with Crippen LogP contribution in [-0.2, 0) is 37.8 Å². The topological polar surface area (TPSA) is 118 Å². The highest BCUT2D eigenvalue weighted by atomic mass is 31.2. The fourth-order valence-electron chi connectivity index (χ4n) is 7.25. The average Bonchev–Trinajstić information content (AvgIpc) is 2.99. The maximum Gasteiger partial charge on any atom is 0.257 e. The minimum absolute atomic E-state index is 0.00343. The number of nitrogens with zero attached hydrogens (tertiary/aromatic N) is 4. The summed E-state index contributed by atoms with van der Waals surface area (Å²) < 4.78 is 30.1. The maximum atomic E-state index is 14.4. The number of likely N-dealkylation sites (tertiary alicyclic amines) is 1. The number of rotatable bonds is 14. The monoisotopic (exact) mass is 684 g/mol. The molecule has 5 atom stereocenters. The van der Waals surface area contributed by atoms with Gasteiger partial charge in [0, 0.05) is 39.0 Å². The number of piperazine rings is 1. The van der Waals surface area contributed by atoms with Gasteiger partial charge in [-0.25, -0.2) is 0 Å². The molecule has 0 bridgehead atoms. The van der Waals surface area contributed by atoms with Gasteiger partial charge in [0.25, 0.3) is 11.8 Å². The highest BCUT2D eigenvalue weighted by molar-refractivity contribution is 7.59. The van der Waals surface area contributed by atoms with E-state index >= 15 is 0 Å². The number of amides is 3. The molecule has 4 saturated heterocycles. The summed E-state index contributed by atoms with van der Waals surface area (Å²) in [5, 5.41) is 1.26. The van der Waals surface area contributed by atoms with E-state index in [0.717, 1.165) is 64.8 Å². The fraction of sp³-hybridized carbons (Fsp3) is 0.912. The summed E-state index contributed by atoms with van der Waals surface area (Å²) in [6.45, 7) is 18.0. The number of piperidine rings is 1. The van der Waals surface area contributed by atoms with Gasteiger partial charge in [-0.1, -0.05) is 34.6 Å². The van der Waals surface area contributed by atoms with Crippen LogP contribution in [-0.4, -0.2) is 127 Å². The fourth-order valence-corrected chi connectivity index (χ4v) is 8.52. The third-order valence-electron chi connectivity index (χ3n) is 9.50. The zero-order valence-corrected chi connectivity index (χ0v) is 30.9. The van der Waals surface area contributed by atoms with Crippen LogP contribution in [0.25, 0.3) is 0 Å². The molecule has 2 unspecified atom stereocenters. The summed E-state index contributed by atoms with van der Waals surface area (Å²) in [6.07, 6.45) is 5.72. The van der Waals surface area contributed by atoms with Gasteiger partial charge in [-0.15, -0.1) is 0 Å². The van der Waals surface area contributed by atoms with E-state index in [1.165, 1.54) is 18.1 Å². The first-order chi connectivity index (χ1) is 22.2. The number of unbranched alkanes of at least 4 members (excludes halogenated alkanes) is 1. The number of hydrogen-bond acceptors (Lipinski definition) is 9. The third kappa shape index (κ3) is 10.7. The molecule has 4 rings (SSSR count). The van der Waals surface area contributed by atoms with Crippen molar-refractivity contribution < 1.29 is 37.8 Å². The molecule has 4 aliphatic rings. The lowest BCUT2D eigenvalue weighted by Crippen LogP contribution is -2.75. The lowest BCUT2D eigenvalue weighted by molar-refractivity contribution is -0.277. The van der Waals surface area contributed by atoms with E-state index in [1.54, 1.807) is 11.8 Å². The first-order valence-corrected chi connectivity index (χ1v) is 20.2. The van der Waals surface area contributed by atoms with E-state index in [-0.39, 0.29) is 54.8 Å². The number of carbonyl (C=O) groups is 3. The summed E-state index contributed by atoms with van der Waals surface area (Å²) in [7, 11) is -3.23. The molecule has 3 amide bonds. The van der Waals surface area contributed by atoms with Crippen molar-refractivity contribution in [2.24, 2.45) is 11.3 Å². The molecule has 0 saturated carbocycles. The summed E-state index contributed by atoms with van der Waals surface area (Å²) in [5.41, 5.74) is -0.251. The van der Waals surface area contributed by atoms with Crippen molar-refractivity contribution >= 4 is 25.1 Å². The Bertz CT molecular complexity index is 1100. The van der Waals surface area contributed by atoms with Gasteiger partial charge in [-0.05, 0) is 82.6 Å². The van der Waals surface area contributed by atoms with Crippen LogP contribution in [0.2, 0.25) is 0 Å². The highest BCUT2D eigenvalue weighted by Crippen LogP contribution is 2.43.